The molecule has 0 aromatic heterocycles. The summed E-state index contributed by atoms with van der Waals surface area (Å²) in [7, 11) is -2.72. The summed E-state index contributed by atoms with van der Waals surface area (Å²) in [6, 6.07) is 0. The Kier molecular flexibility index (Phi) is 5.49. The number of cyclic esters (lactones) is 2. The maximum atomic E-state index is 11.9. The van der Waals surface area contributed by atoms with E-state index in [4.69, 9.17) is 13.6 Å². The van der Waals surface area contributed by atoms with Crippen LogP contribution < -0.4 is 0 Å². The highest BCUT2D eigenvalue weighted by atomic mass is 28.4. The Bertz CT molecular complexity index is 312. The maximum Gasteiger partial charge on any atom is 0.350 e. The lowest BCUT2D eigenvalue weighted by atomic mass is 10.0. The molecule has 0 aromatic carbocycles. The van der Waals surface area contributed by atoms with Gasteiger partial charge in [-0.2, -0.15) is 0 Å². The first-order valence-electron chi connectivity index (χ1n) is 6.53. The molecule has 5 nitrogen and oxygen atoms in total. The Morgan fingerprint density at radius 2 is 1.67 bits per heavy atom. The van der Waals surface area contributed by atoms with Gasteiger partial charge in [0.15, 0.2) is 0 Å². The van der Waals surface area contributed by atoms with Crippen LogP contribution in [0.2, 0.25) is 12.1 Å². The first-order valence-corrected chi connectivity index (χ1v) is 8.92. The van der Waals surface area contributed by atoms with Crippen LogP contribution in [0.3, 0.4) is 0 Å². The molecule has 0 saturated carbocycles. The molecule has 0 aliphatic carbocycles. The number of hydrogen-bond acceptors (Lipinski definition) is 5. The third-order valence-corrected chi connectivity index (χ3v) is 6.68. The van der Waals surface area contributed by atoms with Gasteiger partial charge in [-0.1, -0.05) is 13.3 Å². The fourth-order valence-electron chi connectivity index (χ4n) is 2.51. The van der Waals surface area contributed by atoms with Gasteiger partial charge in [0.25, 0.3) is 0 Å². The number of ether oxygens (including phenoxy) is 1. The first kappa shape index (κ1) is 15.3. The molecule has 1 saturated heterocycles. The third-order valence-electron chi connectivity index (χ3n) is 3.19. The molecule has 0 N–H and O–H groups in total. The lowest BCUT2D eigenvalue weighted by Crippen LogP contribution is -2.48. The molecule has 1 heterocycles. The second kappa shape index (κ2) is 6.45. The monoisotopic (exact) mass is 274 g/mol. The molecule has 104 valence electrons. The van der Waals surface area contributed by atoms with Gasteiger partial charge in [0, 0.05) is 13.2 Å². The summed E-state index contributed by atoms with van der Waals surface area (Å²) in [5.41, 5.74) is -0.537. The Morgan fingerprint density at radius 3 is 2.11 bits per heavy atom. The van der Waals surface area contributed by atoms with E-state index in [0.717, 1.165) is 6.42 Å². The molecule has 2 atom stereocenters. The fraction of sp³-hybridized carbons (Fsp3) is 0.833. The summed E-state index contributed by atoms with van der Waals surface area (Å²) in [4.78, 5) is 23.6. The lowest BCUT2D eigenvalue weighted by Gasteiger charge is -2.31. The van der Waals surface area contributed by atoms with Crippen molar-refractivity contribution in [2.24, 2.45) is 5.92 Å². The van der Waals surface area contributed by atoms with Crippen LogP contribution in [0.4, 0.5) is 0 Å². The van der Waals surface area contributed by atoms with E-state index in [1.54, 1.807) is 0 Å². The molecule has 1 aliphatic rings. The van der Waals surface area contributed by atoms with Crippen molar-refractivity contribution in [2.75, 3.05) is 13.2 Å². The zero-order valence-electron chi connectivity index (χ0n) is 11.5. The second-order valence-corrected chi connectivity index (χ2v) is 7.73. The Balaban J connectivity index is 2.99. The zero-order valence-corrected chi connectivity index (χ0v) is 12.5. The molecule has 1 fully saturated rings. The molecule has 1 aliphatic heterocycles. The number of hydrogen-bond donors (Lipinski definition) is 0. The Hall–Kier alpha value is -0.723. The van der Waals surface area contributed by atoms with E-state index in [1.807, 2.05) is 27.3 Å². The van der Waals surface area contributed by atoms with Crippen LogP contribution in [0.25, 0.3) is 0 Å². The van der Waals surface area contributed by atoms with Crippen molar-refractivity contribution in [1.29, 1.82) is 0 Å². The van der Waals surface area contributed by atoms with Crippen LogP contribution in [-0.2, 0) is 23.2 Å². The average Bonchev–Trinajstić information content (AvgIpc) is 2.55. The van der Waals surface area contributed by atoms with E-state index >= 15 is 0 Å². The standard InChI is InChI=1S/C12H22O5Si/c1-5-8-9-10(12(14)17-11(9)13)18(4,15-6-2)16-7-3/h9-10H,5-8H2,1-4H3. The summed E-state index contributed by atoms with van der Waals surface area (Å²) >= 11 is 0. The summed E-state index contributed by atoms with van der Waals surface area (Å²) in [5, 5.41) is 0. The number of rotatable bonds is 7. The molecule has 1 rings (SSSR count). The summed E-state index contributed by atoms with van der Waals surface area (Å²) in [6.07, 6.45) is 1.46. The van der Waals surface area contributed by atoms with Crippen molar-refractivity contribution in [2.45, 2.75) is 45.7 Å². The normalized spacial score (nSPS) is 24.4. The average molecular weight is 274 g/mol. The van der Waals surface area contributed by atoms with Gasteiger partial charge >= 0.3 is 20.5 Å². The minimum Gasteiger partial charge on any atom is -0.394 e. The quantitative estimate of drug-likeness (QED) is 0.404. The van der Waals surface area contributed by atoms with Crippen molar-refractivity contribution < 1.29 is 23.2 Å². The summed E-state index contributed by atoms with van der Waals surface area (Å²) < 4.78 is 16.2. The zero-order chi connectivity index (χ0) is 13.8. The Labute approximate surface area is 109 Å². The largest absolute Gasteiger partial charge is 0.394 e. The molecule has 2 unspecified atom stereocenters. The predicted octanol–water partition coefficient (Wildman–Crippen LogP) is 2.00. The van der Waals surface area contributed by atoms with Gasteiger partial charge in [-0.15, -0.1) is 0 Å². The van der Waals surface area contributed by atoms with Crippen molar-refractivity contribution >= 4 is 20.5 Å². The molecule has 0 amide bonds. The Morgan fingerprint density at radius 1 is 1.11 bits per heavy atom. The summed E-state index contributed by atoms with van der Waals surface area (Å²) in [5.74, 6) is -1.31. The van der Waals surface area contributed by atoms with Crippen molar-refractivity contribution in [3.05, 3.63) is 0 Å². The van der Waals surface area contributed by atoms with Crippen molar-refractivity contribution in [1.82, 2.24) is 0 Å². The van der Waals surface area contributed by atoms with Crippen LogP contribution in [-0.4, -0.2) is 33.7 Å². The first-order chi connectivity index (χ1) is 8.50. The number of carbonyl (C=O) groups is 2. The van der Waals surface area contributed by atoms with Gasteiger partial charge in [-0.3, -0.25) is 9.59 Å². The van der Waals surface area contributed by atoms with E-state index in [9.17, 15) is 9.59 Å². The van der Waals surface area contributed by atoms with Crippen molar-refractivity contribution in [3.63, 3.8) is 0 Å². The molecule has 18 heavy (non-hydrogen) atoms. The number of esters is 2. The SMILES string of the molecule is CCCC1C(=O)OC(=O)C1[Si](C)(OCC)OCC. The highest BCUT2D eigenvalue weighted by Gasteiger charge is 2.57. The van der Waals surface area contributed by atoms with Gasteiger partial charge in [0.1, 0.15) is 5.54 Å². The van der Waals surface area contributed by atoms with Crippen LogP contribution >= 0.6 is 0 Å². The van der Waals surface area contributed by atoms with Crippen LogP contribution in [0.5, 0.6) is 0 Å². The van der Waals surface area contributed by atoms with Gasteiger partial charge in [0.05, 0.1) is 5.92 Å². The van der Waals surface area contributed by atoms with Gasteiger partial charge in [-0.05, 0) is 26.8 Å². The highest BCUT2D eigenvalue weighted by Crippen LogP contribution is 2.41. The van der Waals surface area contributed by atoms with Crippen molar-refractivity contribution in [3.8, 4) is 0 Å². The smallest absolute Gasteiger partial charge is 0.350 e. The molecule has 0 spiro atoms. The number of carbonyl (C=O) groups excluding carboxylic acids is 2. The molecule has 6 heteroatoms. The van der Waals surface area contributed by atoms with Gasteiger partial charge in [0.2, 0.25) is 0 Å². The molecular formula is C12H22O5Si. The van der Waals surface area contributed by atoms with Gasteiger partial charge in [-0.25, -0.2) is 0 Å². The molecule has 0 aromatic rings. The van der Waals surface area contributed by atoms with Gasteiger partial charge < -0.3 is 13.6 Å². The van der Waals surface area contributed by atoms with E-state index in [2.05, 4.69) is 0 Å². The third kappa shape index (κ3) is 2.99. The van der Waals surface area contributed by atoms with Crippen LogP contribution in [0, 0.1) is 5.92 Å². The topological polar surface area (TPSA) is 61.8 Å². The van der Waals surface area contributed by atoms with Crippen LogP contribution in [0.15, 0.2) is 0 Å². The minimum atomic E-state index is -2.72. The van der Waals surface area contributed by atoms with E-state index in [1.165, 1.54) is 0 Å². The minimum absolute atomic E-state index is 0.405. The molecular weight excluding hydrogens is 252 g/mol. The predicted molar refractivity (Wildman–Crippen MR) is 68.1 cm³/mol. The fourth-order valence-corrected chi connectivity index (χ4v) is 5.62. The van der Waals surface area contributed by atoms with E-state index in [0.29, 0.717) is 19.6 Å². The molecule has 0 radical (unpaired) electrons. The summed E-state index contributed by atoms with van der Waals surface area (Å²) in [6.45, 7) is 8.49. The maximum absolute atomic E-state index is 11.9. The van der Waals surface area contributed by atoms with E-state index in [-0.39, 0.29) is 0 Å². The second-order valence-electron chi connectivity index (χ2n) is 4.49. The van der Waals surface area contributed by atoms with Crippen LogP contribution in [0.1, 0.15) is 33.6 Å². The van der Waals surface area contributed by atoms with E-state index < -0.39 is 32.0 Å². The lowest BCUT2D eigenvalue weighted by molar-refractivity contribution is -0.153. The highest BCUT2D eigenvalue weighted by molar-refractivity contribution is 6.72. The molecule has 0 bridgehead atoms.